The first kappa shape index (κ1) is 16.5. The lowest BCUT2D eigenvalue weighted by Crippen LogP contribution is -2.39. The molecule has 22 heavy (non-hydrogen) atoms. The van der Waals surface area contributed by atoms with E-state index in [0.717, 1.165) is 5.56 Å². The molecule has 1 unspecified atom stereocenters. The average Bonchev–Trinajstić information content (AvgIpc) is 2.78. The lowest BCUT2D eigenvalue weighted by atomic mass is 10.1. The Bertz CT molecular complexity index is 628. The lowest BCUT2D eigenvalue weighted by molar-refractivity contribution is -0.129. The van der Waals surface area contributed by atoms with Crippen molar-refractivity contribution in [3.05, 3.63) is 35.9 Å². The van der Waals surface area contributed by atoms with Crippen molar-refractivity contribution in [2.45, 2.75) is 25.3 Å². The molecule has 0 radical (unpaired) electrons. The van der Waals surface area contributed by atoms with Gasteiger partial charge in [0.05, 0.1) is 11.5 Å². The minimum absolute atomic E-state index is 0.0334. The molecule has 0 aliphatic carbocycles. The summed E-state index contributed by atoms with van der Waals surface area (Å²) in [6.07, 6.45) is 0.851. The molecule has 0 saturated carbocycles. The molecule has 1 aromatic rings. The molecule has 1 atom stereocenters. The number of benzene rings is 1. The van der Waals surface area contributed by atoms with Gasteiger partial charge in [0.2, 0.25) is 11.8 Å². The number of rotatable bonds is 6. The zero-order chi connectivity index (χ0) is 16.0. The van der Waals surface area contributed by atoms with Gasteiger partial charge >= 0.3 is 0 Å². The summed E-state index contributed by atoms with van der Waals surface area (Å²) < 4.78 is 22.6. The van der Waals surface area contributed by atoms with E-state index in [2.05, 4.69) is 10.6 Å². The van der Waals surface area contributed by atoms with Gasteiger partial charge in [0.1, 0.15) is 6.42 Å². The Morgan fingerprint density at radius 2 is 1.86 bits per heavy atom. The molecule has 2 rings (SSSR count). The highest BCUT2D eigenvalue weighted by Gasteiger charge is 2.29. The van der Waals surface area contributed by atoms with Crippen LogP contribution >= 0.6 is 0 Å². The number of hydrogen-bond acceptors (Lipinski definition) is 4. The zero-order valence-corrected chi connectivity index (χ0v) is 13.1. The first-order valence-corrected chi connectivity index (χ1v) is 9.07. The van der Waals surface area contributed by atoms with Crippen LogP contribution < -0.4 is 10.6 Å². The fraction of sp³-hybridized carbons (Fsp3) is 0.467. The highest BCUT2D eigenvalue weighted by atomic mass is 32.2. The molecule has 120 valence electrons. The molecule has 0 aromatic heterocycles. The fourth-order valence-electron chi connectivity index (χ4n) is 2.39. The van der Waals surface area contributed by atoms with E-state index in [1.165, 1.54) is 0 Å². The van der Waals surface area contributed by atoms with Crippen LogP contribution in [0, 0.1) is 0 Å². The van der Waals surface area contributed by atoms with E-state index in [4.69, 9.17) is 0 Å². The Labute approximate surface area is 130 Å². The summed E-state index contributed by atoms with van der Waals surface area (Å²) in [6, 6.07) is 9.36. The molecular formula is C15H20N2O4S. The number of nitrogens with one attached hydrogen (secondary N) is 2. The topological polar surface area (TPSA) is 92.3 Å². The number of hydrogen-bond donors (Lipinski definition) is 2. The summed E-state index contributed by atoms with van der Waals surface area (Å²) >= 11 is 0. The van der Waals surface area contributed by atoms with Gasteiger partial charge in [0, 0.05) is 12.6 Å². The van der Waals surface area contributed by atoms with Gasteiger partial charge in [-0.1, -0.05) is 30.3 Å². The molecule has 7 heteroatoms. The number of carbonyl (C=O) groups excluding carboxylic acids is 2. The molecule has 1 aromatic carbocycles. The van der Waals surface area contributed by atoms with Crippen LogP contribution in [0.3, 0.4) is 0 Å². The number of sulfone groups is 1. The predicted molar refractivity (Wildman–Crippen MR) is 83.0 cm³/mol. The quantitative estimate of drug-likeness (QED) is 0.723. The standard InChI is InChI=1S/C15H20N2O4S/c18-14(16-8-6-12-4-2-1-3-5-12)10-15(19)17-13-7-9-22(20,21)11-13/h1-5,13H,6-11H2,(H,16,18)(H,17,19). The van der Waals surface area contributed by atoms with E-state index >= 15 is 0 Å². The van der Waals surface area contributed by atoms with Crippen LogP contribution in [-0.4, -0.2) is 44.3 Å². The van der Waals surface area contributed by atoms with E-state index in [1.807, 2.05) is 30.3 Å². The minimum Gasteiger partial charge on any atom is -0.355 e. The summed E-state index contributed by atoms with van der Waals surface area (Å²) in [5.74, 6) is -0.719. The molecule has 2 N–H and O–H groups in total. The second-order valence-electron chi connectivity index (χ2n) is 5.43. The van der Waals surface area contributed by atoms with Crippen molar-refractivity contribution in [2.75, 3.05) is 18.1 Å². The Kier molecular flexibility index (Phi) is 5.54. The third-order valence-corrected chi connectivity index (χ3v) is 5.27. The number of amides is 2. The normalized spacial score (nSPS) is 19.5. The van der Waals surface area contributed by atoms with Crippen molar-refractivity contribution in [3.8, 4) is 0 Å². The largest absolute Gasteiger partial charge is 0.355 e. The van der Waals surface area contributed by atoms with E-state index in [-0.39, 0.29) is 29.9 Å². The van der Waals surface area contributed by atoms with Gasteiger partial charge in [-0.3, -0.25) is 9.59 Å². The summed E-state index contributed by atoms with van der Waals surface area (Å²) in [5, 5.41) is 5.28. The molecule has 1 aliphatic heterocycles. The minimum atomic E-state index is -3.03. The van der Waals surface area contributed by atoms with E-state index in [0.29, 0.717) is 19.4 Å². The van der Waals surface area contributed by atoms with Crippen molar-refractivity contribution in [2.24, 2.45) is 0 Å². The Morgan fingerprint density at radius 1 is 1.14 bits per heavy atom. The molecule has 6 nitrogen and oxygen atoms in total. The van der Waals surface area contributed by atoms with Gasteiger partial charge in [-0.05, 0) is 18.4 Å². The van der Waals surface area contributed by atoms with Crippen molar-refractivity contribution in [1.29, 1.82) is 0 Å². The van der Waals surface area contributed by atoms with Gasteiger partial charge in [-0.15, -0.1) is 0 Å². The molecule has 1 saturated heterocycles. The summed E-state index contributed by atoms with van der Waals surface area (Å²) in [7, 11) is -3.03. The fourth-order valence-corrected chi connectivity index (χ4v) is 4.06. The molecule has 0 bridgehead atoms. The second kappa shape index (κ2) is 7.40. The highest BCUT2D eigenvalue weighted by molar-refractivity contribution is 7.91. The van der Waals surface area contributed by atoms with Crippen LogP contribution in [0.2, 0.25) is 0 Å². The maximum absolute atomic E-state index is 11.7. The van der Waals surface area contributed by atoms with Crippen LogP contribution in [0.15, 0.2) is 30.3 Å². The third kappa shape index (κ3) is 5.48. The first-order valence-electron chi connectivity index (χ1n) is 7.25. The Balaban J connectivity index is 1.65. The average molecular weight is 324 g/mol. The predicted octanol–water partition coefficient (Wildman–Crippen LogP) is 0.0387. The molecule has 2 amide bonds. The Hall–Kier alpha value is -1.89. The summed E-state index contributed by atoms with van der Waals surface area (Å²) in [4.78, 5) is 23.3. The smallest absolute Gasteiger partial charge is 0.229 e. The van der Waals surface area contributed by atoms with Crippen LogP contribution in [-0.2, 0) is 25.8 Å². The van der Waals surface area contributed by atoms with E-state index in [1.54, 1.807) is 0 Å². The van der Waals surface area contributed by atoms with Gasteiger partial charge in [-0.2, -0.15) is 0 Å². The van der Waals surface area contributed by atoms with Crippen molar-refractivity contribution in [1.82, 2.24) is 10.6 Å². The van der Waals surface area contributed by atoms with Gasteiger partial charge in [0.25, 0.3) is 0 Å². The maximum Gasteiger partial charge on any atom is 0.229 e. The number of carbonyl (C=O) groups is 2. The first-order chi connectivity index (χ1) is 10.4. The Morgan fingerprint density at radius 3 is 2.50 bits per heavy atom. The SMILES string of the molecule is O=C(CC(=O)NC1CCS(=O)(=O)C1)NCCc1ccccc1. The second-order valence-corrected chi connectivity index (χ2v) is 7.66. The van der Waals surface area contributed by atoms with Crippen LogP contribution in [0.25, 0.3) is 0 Å². The van der Waals surface area contributed by atoms with Gasteiger partial charge in [0.15, 0.2) is 9.84 Å². The van der Waals surface area contributed by atoms with E-state index < -0.39 is 15.7 Å². The third-order valence-electron chi connectivity index (χ3n) is 3.50. The van der Waals surface area contributed by atoms with Crippen molar-refractivity contribution in [3.63, 3.8) is 0 Å². The molecular weight excluding hydrogens is 304 g/mol. The van der Waals surface area contributed by atoms with Crippen molar-refractivity contribution < 1.29 is 18.0 Å². The molecule has 0 spiro atoms. The van der Waals surface area contributed by atoms with Gasteiger partial charge < -0.3 is 10.6 Å². The molecule has 1 aliphatic rings. The molecule has 1 heterocycles. The zero-order valence-electron chi connectivity index (χ0n) is 12.2. The highest BCUT2D eigenvalue weighted by Crippen LogP contribution is 2.11. The van der Waals surface area contributed by atoms with Crippen LogP contribution in [0.5, 0.6) is 0 Å². The van der Waals surface area contributed by atoms with E-state index in [9.17, 15) is 18.0 Å². The molecule has 1 fully saturated rings. The maximum atomic E-state index is 11.7. The van der Waals surface area contributed by atoms with Crippen molar-refractivity contribution >= 4 is 21.7 Å². The van der Waals surface area contributed by atoms with Gasteiger partial charge in [-0.25, -0.2) is 8.42 Å². The van der Waals surface area contributed by atoms with Crippen LogP contribution in [0.1, 0.15) is 18.4 Å². The summed E-state index contributed by atoms with van der Waals surface area (Å²) in [5.41, 5.74) is 1.11. The lowest BCUT2D eigenvalue weighted by Gasteiger charge is -2.10. The monoisotopic (exact) mass is 324 g/mol. The van der Waals surface area contributed by atoms with Crippen LogP contribution in [0.4, 0.5) is 0 Å². The summed E-state index contributed by atoms with van der Waals surface area (Å²) in [6.45, 7) is 0.466.